The Hall–Kier alpha value is -4.15. The van der Waals surface area contributed by atoms with Crippen LogP contribution in [0.25, 0.3) is 0 Å². The van der Waals surface area contributed by atoms with Gasteiger partial charge in [-0.1, -0.05) is 72.8 Å². The van der Waals surface area contributed by atoms with Crippen LogP contribution in [-0.2, 0) is 41.8 Å². The van der Waals surface area contributed by atoms with E-state index in [2.05, 4.69) is 23.2 Å². The summed E-state index contributed by atoms with van der Waals surface area (Å²) in [4.78, 5) is 45.5. The van der Waals surface area contributed by atoms with Gasteiger partial charge in [-0.05, 0) is 78.4 Å². The van der Waals surface area contributed by atoms with Crippen LogP contribution in [0.1, 0.15) is 78.4 Å². The number of ether oxygens (including phenoxy) is 4. The monoisotopic (exact) mass is 674 g/mol. The lowest BCUT2D eigenvalue weighted by atomic mass is 10.1. The number of alkyl carbamates (subject to hydrolysis) is 1. The molecule has 47 heavy (non-hydrogen) atoms. The minimum Gasteiger partial charge on any atom is -0.459 e. The molecular weight excluding hydrogens is 624 g/mol. The molecule has 0 aliphatic rings. The highest BCUT2D eigenvalue weighted by Gasteiger charge is 2.26. The summed E-state index contributed by atoms with van der Waals surface area (Å²) < 4.78 is 20.1. The summed E-state index contributed by atoms with van der Waals surface area (Å²) in [6.07, 6.45) is 5.12. The van der Waals surface area contributed by atoms with Crippen molar-refractivity contribution in [1.82, 2.24) is 5.32 Å². The van der Waals surface area contributed by atoms with Gasteiger partial charge in [-0.15, -0.1) is 13.2 Å². The number of rotatable bonds is 13. The summed E-state index contributed by atoms with van der Waals surface area (Å²) in [6, 6.07) is 17.4. The molecule has 260 valence electrons. The molecule has 10 nitrogen and oxygen atoms in total. The summed E-state index contributed by atoms with van der Waals surface area (Å²) >= 11 is 4.97. The van der Waals surface area contributed by atoms with Crippen LogP contribution in [0.5, 0.6) is 0 Å². The molecule has 0 aromatic heterocycles. The van der Waals surface area contributed by atoms with Crippen molar-refractivity contribution < 1.29 is 38.1 Å². The molecule has 0 radical (unpaired) electrons. The Bertz CT molecular complexity index is 1230. The second-order valence-electron chi connectivity index (χ2n) is 12.2. The summed E-state index contributed by atoms with van der Waals surface area (Å²) in [5, 5.41) is 2.56. The van der Waals surface area contributed by atoms with E-state index in [1.165, 1.54) is 0 Å². The first-order valence-corrected chi connectivity index (χ1v) is 15.6. The standard InChI is InChI=1S/C18H25NO4.C10H19NO2.C8H7ClO2/c1-5-6-12-15(16(20)23-18(2,3)4)19-17(21)22-13-14-10-8-7-9-11-14;1-5-6-7-8(11)9(12)13-10(2,3)4;9-8(10)11-6-7-4-2-1-3-5-7/h5,7-11,15H,1,6,12-13H2,2-4H3,(H,19,21);5,8H,1,6-7,11H2,2-4H3;1-5H,6H2/t15-;8-;/m00./s1. The molecule has 2 aromatic rings. The van der Waals surface area contributed by atoms with Crippen LogP contribution in [0.4, 0.5) is 9.59 Å². The number of carbonyl (C=O) groups is 4. The van der Waals surface area contributed by atoms with Crippen molar-refractivity contribution in [2.45, 2.75) is 104 Å². The summed E-state index contributed by atoms with van der Waals surface area (Å²) in [5.74, 6) is -0.814. The van der Waals surface area contributed by atoms with E-state index in [4.69, 9.17) is 31.5 Å². The third kappa shape index (κ3) is 24.7. The molecule has 0 aliphatic heterocycles. The van der Waals surface area contributed by atoms with Gasteiger partial charge in [0.15, 0.2) is 0 Å². The van der Waals surface area contributed by atoms with E-state index in [0.29, 0.717) is 19.3 Å². The zero-order valence-corrected chi connectivity index (χ0v) is 29.2. The molecule has 0 spiro atoms. The fourth-order valence-corrected chi connectivity index (χ4v) is 3.37. The van der Waals surface area contributed by atoms with Gasteiger partial charge in [0.05, 0.1) is 0 Å². The summed E-state index contributed by atoms with van der Waals surface area (Å²) in [6.45, 7) is 18.4. The normalized spacial score (nSPS) is 11.8. The lowest BCUT2D eigenvalue weighted by molar-refractivity contribution is -0.158. The highest BCUT2D eigenvalue weighted by atomic mass is 35.5. The molecule has 0 unspecified atom stereocenters. The Kier molecular flexibility index (Phi) is 21.2. The molecule has 1 amide bonds. The van der Waals surface area contributed by atoms with Gasteiger partial charge in [0, 0.05) is 11.6 Å². The Morgan fingerprint density at radius 3 is 1.60 bits per heavy atom. The van der Waals surface area contributed by atoms with Gasteiger partial charge in [0.2, 0.25) is 0 Å². The van der Waals surface area contributed by atoms with Crippen molar-refractivity contribution >= 4 is 35.1 Å². The zero-order valence-electron chi connectivity index (χ0n) is 28.5. The third-order valence-corrected chi connectivity index (χ3v) is 5.55. The van der Waals surface area contributed by atoms with Gasteiger partial charge in [-0.25, -0.2) is 14.4 Å². The van der Waals surface area contributed by atoms with E-state index < -0.39 is 40.8 Å². The smallest absolute Gasteiger partial charge is 0.408 e. The Morgan fingerprint density at radius 2 is 1.17 bits per heavy atom. The predicted octanol–water partition coefficient (Wildman–Crippen LogP) is 7.77. The molecule has 3 N–H and O–H groups in total. The molecule has 11 heteroatoms. The summed E-state index contributed by atoms with van der Waals surface area (Å²) in [5.41, 5.74) is 5.56. The van der Waals surface area contributed by atoms with Crippen LogP contribution in [0.2, 0.25) is 0 Å². The molecule has 0 saturated heterocycles. The molecule has 0 aliphatic carbocycles. The average molecular weight is 675 g/mol. The van der Waals surface area contributed by atoms with Gasteiger partial charge in [0.25, 0.3) is 0 Å². The van der Waals surface area contributed by atoms with E-state index in [1.807, 2.05) is 81.4 Å². The number of nitrogens with one attached hydrogen (secondary N) is 1. The van der Waals surface area contributed by atoms with Gasteiger partial charge < -0.3 is 30.0 Å². The van der Waals surface area contributed by atoms with Crippen LogP contribution in [-0.4, -0.2) is 46.7 Å². The molecule has 0 fully saturated rings. The van der Waals surface area contributed by atoms with E-state index in [9.17, 15) is 19.2 Å². The van der Waals surface area contributed by atoms with Gasteiger partial charge in [-0.2, -0.15) is 0 Å². The summed E-state index contributed by atoms with van der Waals surface area (Å²) in [7, 11) is 0. The molecule has 0 bridgehead atoms. The maximum Gasteiger partial charge on any atom is 0.408 e. The maximum atomic E-state index is 12.1. The number of amides is 1. The number of halogens is 1. The van der Waals surface area contributed by atoms with Crippen molar-refractivity contribution in [2.75, 3.05) is 0 Å². The second-order valence-corrected chi connectivity index (χ2v) is 12.5. The zero-order chi connectivity index (χ0) is 35.9. The predicted molar refractivity (Wildman–Crippen MR) is 185 cm³/mol. The van der Waals surface area contributed by atoms with Gasteiger partial charge >= 0.3 is 23.5 Å². The molecule has 0 saturated carbocycles. The topological polar surface area (TPSA) is 143 Å². The Morgan fingerprint density at radius 1 is 0.745 bits per heavy atom. The van der Waals surface area contributed by atoms with E-state index in [1.54, 1.807) is 32.9 Å². The molecule has 0 heterocycles. The minimum atomic E-state index is -0.770. The van der Waals surface area contributed by atoms with Crippen LogP contribution in [0.15, 0.2) is 86.0 Å². The second kappa shape index (κ2) is 23.2. The largest absolute Gasteiger partial charge is 0.459 e. The van der Waals surface area contributed by atoms with Crippen molar-refractivity contribution in [3.05, 3.63) is 97.1 Å². The fraction of sp³-hybridized carbons (Fsp3) is 0.444. The van der Waals surface area contributed by atoms with Crippen LogP contribution in [0, 0.1) is 0 Å². The fourth-order valence-electron chi connectivity index (χ4n) is 3.32. The molecule has 2 aromatic carbocycles. The number of allylic oxidation sites excluding steroid dienone is 2. The lowest BCUT2D eigenvalue weighted by Crippen LogP contribution is -2.44. The molecular formula is C36H51ClN2O8. The number of carbonyl (C=O) groups excluding carboxylic acids is 4. The quantitative estimate of drug-likeness (QED) is 0.0942. The SMILES string of the molecule is C=CCC[C@H](N)C(=O)OC(C)(C)C.C=CCC[C@H](NC(=O)OCc1ccccc1)C(=O)OC(C)(C)C.O=C(Cl)OCc1ccccc1. The maximum absolute atomic E-state index is 12.1. The van der Waals surface area contributed by atoms with Crippen LogP contribution >= 0.6 is 11.6 Å². The van der Waals surface area contributed by atoms with Crippen LogP contribution in [0.3, 0.4) is 0 Å². The van der Waals surface area contributed by atoms with Gasteiger partial charge in [-0.3, -0.25) is 4.79 Å². The molecule has 2 atom stereocenters. The first-order chi connectivity index (χ1) is 22.0. The third-order valence-electron chi connectivity index (χ3n) is 5.44. The highest BCUT2D eigenvalue weighted by Crippen LogP contribution is 2.12. The lowest BCUT2D eigenvalue weighted by Gasteiger charge is -2.24. The first kappa shape index (κ1) is 42.9. The Balaban J connectivity index is 0.000000744. The van der Waals surface area contributed by atoms with Crippen molar-refractivity contribution in [3.63, 3.8) is 0 Å². The number of nitrogens with two attached hydrogens (primary N) is 1. The Labute approximate surface area is 284 Å². The van der Waals surface area contributed by atoms with Crippen LogP contribution < -0.4 is 11.1 Å². The number of esters is 2. The van der Waals surface area contributed by atoms with E-state index in [-0.39, 0.29) is 19.2 Å². The number of hydrogen-bond donors (Lipinski definition) is 2. The van der Waals surface area contributed by atoms with E-state index in [0.717, 1.165) is 17.5 Å². The van der Waals surface area contributed by atoms with E-state index >= 15 is 0 Å². The first-order valence-electron chi connectivity index (χ1n) is 15.2. The molecule has 2 rings (SSSR count). The number of hydrogen-bond acceptors (Lipinski definition) is 9. The van der Waals surface area contributed by atoms with Crippen molar-refractivity contribution in [1.29, 1.82) is 0 Å². The van der Waals surface area contributed by atoms with Crippen molar-refractivity contribution in [3.8, 4) is 0 Å². The highest BCUT2D eigenvalue weighted by molar-refractivity contribution is 6.61. The van der Waals surface area contributed by atoms with Crippen molar-refractivity contribution in [2.24, 2.45) is 5.73 Å². The minimum absolute atomic E-state index is 0.148. The average Bonchev–Trinajstić information content (AvgIpc) is 2.99. The van der Waals surface area contributed by atoms with Gasteiger partial charge in [0.1, 0.15) is 36.5 Å². The number of benzene rings is 2.